The van der Waals surface area contributed by atoms with Gasteiger partial charge in [-0.15, -0.1) is 0 Å². The number of rotatable bonds is 2. The highest BCUT2D eigenvalue weighted by Crippen LogP contribution is 2.28. The van der Waals surface area contributed by atoms with Crippen molar-refractivity contribution >= 4 is 46.0 Å². The SMILES string of the molecule is N#Cc1ccc(C(=O)Nc2ccc(Cl)c3nsnc23)o1. The van der Waals surface area contributed by atoms with Crippen molar-refractivity contribution in [2.75, 3.05) is 5.32 Å². The molecule has 0 bridgehead atoms. The van der Waals surface area contributed by atoms with E-state index >= 15 is 0 Å². The van der Waals surface area contributed by atoms with E-state index in [1.165, 1.54) is 12.1 Å². The Morgan fingerprint density at radius 3 is 2.85 bits per heavy atom. The Balaban J connectivity index is 1.93. The van der Waals surface area contributed by atoms with Crippen LogP contribution in [0.25, 0.3) is 11.0 Å². The van der Waals surface area contributed by atoms with Crippen LogP contribution in [-0.4, -0.2) is 14.7 Å². The molecule has 2 heterocycles. The molecule has 0 aliphatic rings. The molecular formula is C12H5ClN4O2S. The highest BCUT2D eigenvalue weighted by atomic mass is 35.5. The molecule has 0 spiro atoms. The second-order valence-corrected chi connectivity index (χ2v) is 4.72. The number of nitriles is 1. The van der Waals surface area contributed by atoms with Crippen molar-refractivity contribution in [3.63, 3.8) is 0 Å². The van der Waals surface area contributed by atoms with Crippen molar-refractivity contribution in [1.82, 2.24) is 8.75 Å². The predicted octanol–water partition coefficient (Wildman–Crippen LogP) is 3.06. The van der Waals surface area contributed by atoms with E-state index in [4.69, 9.17) is 21.3 Å². The molecule has 3 aromatic rings. The highest BCUT2D eigenvalue weighted by Gasteiger charge is 2.15. The third kappa shape index (κ3) is 2.11. The van der Waals surface area contributed by atoms with Crippen LogP contribution >= 0.6 is 23.3 Å². The molecule has 0 fully saturated rings. The molecule has 1 amide bonds. The van der Waals surface area contributed by atoms with Gasteiger partial charge in [0.05, 0.1) is 22.4 Å². The van der Waals surface area contributed by atoms with Crippen molar-refractivity contribution in [1.29, 1.82) is 5.26 Å². The first kappa shape index (κ1) is 12.6. The fraction of sp³-hybridized carbons (Fsp3) is 0. The van der Waals surface area contributed by atoms with Gasteiger partial charge in [-0.25, -0.2) is 0 Å². The molecule has 6 nitrogen and oxygen atoms in total. The lowest BCUT2D eigenvalue weighted by molar-refractivity contribution is 0.0996. The van der Waals surface area contributed by atoms with Crippen LogP contribution in [0.5, 0.6) is 0 Å². The number of benzene rings is 1. The van der Waals surface area contributed by atoms with Crippen molar-refractivity contribution in [3.8, 4) is 6.07 Å². The van der Waals surface area contributed by atoms with Gasteiger partial charge in [0.25, 0.3) is 5.91 Å². The summed E-state index contributed by atoms with van der Waals surface area (Å²) < 4.78 is 13.2. The summed E-state index contributed by atoms with van der Waals surface area (Å²) in [6, 6.07) is 7.94. The van der Waals surface area contributed by atoms with Crippen LogP contribution in [-0.2, 0) is 0 Å². The maximum atomic E-state index is 12.0. The van der Waals surface area contributed by atoms with E-state index in [0.717, 1.165) is 11.7 Å². The Hall–Kier alpha value is -2.43. The minimum atomic E-state index is -0.469. The van der Waals surface area contributed by atoms with E-state index in [2.05, 4.69) is 14.1 Å². The quantitative estimate of drug-likeness (QED) is 0.785. The lowest BCUT2D eigenvalue weighted by atomic mass is 10.2. The van der Waals surface area contributed by atoms with Crippen LogP contribution in [0.3, 0.4) is 0 Å². The van der Waals surface area contributed by atoms with Crippen molar-refractivity contribution in [3.05, 3.63) is 40.8 Å². The average molecular weight is 305 g/mol. The zero-order valence-electron chi connectivity index (χ0n) is 9.75. The summed E-state index contributed by atoms with van der Waals surface area (Å²) in [4.78, 5) is 12.0. The van der Waals surface area contributed by atoms with Gasteiger partial charge in [-0.05, 0) is 24.3 Å². The Kier molecular flexibility index (Phi) is 3.10. The molecule has 1 aromatic carbocycles. The Bertz CT molecular complexity index is 849. The molecule has 0 saturated carbocycles. The monoisotopic (exact) mass is 304 g/mol. The number of hydrogen-bond acceptors (Lipinski definition) is 6. The molecule has 1 N–H and O–H groups in total. The lowest BCUT2D eigenvalue weighted by Gasteiger charge is -2.04. The number of nitrogens with one attached hydrogen (secondary N) is 1. The largest absolute Gasteiger partial charge is 0.440 e. The number of carbonyl (C=O) groups excluding carboxylic acids is 1. The first-order chi connectivity index (χ1) is 9.69. The maximum absolute atomic E-state index is 12.0. The number of anilines is 1. The van der Waals surface area contributed by atoms with Gasteiger partial charge in [0.1, 0.15) is 17.1 Å². The first-order valence-electron chi connectivity index (χ1n) is 5.41. The third-order valence-corrected chi connectivity index (χ3v) is 3.39. The number of aromatic nitrogens is 2. The van der Waals surface area contributed by atoms with Gasteiger partial charge in [0.2, 0.25) is 5.76 Å². The molecule has 8 heteroatoms. The molecule has 3 rings (SSSR count). The molecule has 2 aromatic heterocycles. The van der Waals surface area contributed by atoms with Crippen molar-refractivity contribution in [2.24, 2.45) is 0 Å². The number of halogens is 1. The second kappa shape index (κ2) is 4.92. The summed E-state index contributed by atoms with van der Waals surface area (Å²) in [5.74, 6) is -0.345. The third-order valence-electron chi connectivity index (χ3n) is 2.55. The molecule has 0 atom stereocenters. The zero-order chi connectivity index (χ0) is 14.1. The molecule has 0 saturated heterocycles. The van der Waals surface area contributed by atoms with Crippen LogP contribution in [0.1, 0.15) is 16.3 Å². The van der Waals surface area contributed by atoms with Crippen molar-refractivity contribution < 1.29 is 9.21 Å². The molecule has 0 aliphatic heterocycles. The van der Waals surface area contributed by atoms with Gasteiger partial charge >= 0.3 is 0 Å². The Morgan fingerprint density at radius 1 is 1.30 bits per heavy atom. The van der Waals surface area contributed by atoms with E-state index in [9.17, 15) is 4.79 Å². The van der Waals surface area contributed by atoms with Crippen LogP contribution in [0.15, 0.2) is 28.7 Å². The number of furan rings is 1. The van der Waals surface area contributed by atoms with E-state index in [1.807, 2.05) is 6.07 Å². The minimum Gasteiger partial charge on any atom is -0.440 e. The van der Waals surface area contributed by atoms with Crippen LogP contribution in [0.2, 0.25) is 5.02 Å². The van der Waals surface area contributed by atoms with E-state index in [0.29, 0.717) is 21.7 Å². The summed E-state index contributed by atoms with van der Waals surface area (Å²) in [7, 11) is 0. The van der Waals surface area contributed by atoms with Gasteiger partial charge in [-0.3, -0.25) is 4.79 Å². The Morgan fingerprint density at radius 2 is 2.10 bits per heavy atom. The summed E-state index contributed by atoms with van der Waals surface area (Å²) in [6.45, 7) is 0. The topological polar surface area (TPSA) is 91.8 Å². The standard InChI is InChI=1S/C12H5ClN4O2S/c13-7-2-3-8(11-10(7)16-20-17-11)15-12(18)9-4-1-6(5-14)19-9/h1-4H,(H,15,18). The van der Waals surface area contributed by atoms with E-state index in [1.54, 1.807) is 12.1 Å². The smallest absolute Gasteiger partial charge is 0.291 e. The number of fused-ring (bicyclic) bond motifs is 1. The highest BCUT2D eigenvalue weighted by molar-refractivity contribution is 7.00. The molecule has 0 radical (unpaired) electrons. The molecular weight excluding hydrogens is 300 g/mol. The van der Waals surface area contributed by atoms with Gasteiger partial charge < -0.3 is 9.73 Å². The summed E-state index contributed by atoms with van der Waals surface area (Å²) in [5, 5.41) is 11.8. The van der Waals surface area contributed by atoms with Gasteiger partial charge in [-0.1, -0.05) is 11.6 Å². The Labute approximate surface area is 121 Å². The average Bonchev–Trinajstić information content (AvgIpc) is 3.10. The summed E-state index contributed by atoms with van der Waals surface area (Å²) in [6.07, 6.45) is 0. The van der Waals surface area contributed by atoms with Gasteiger partial charge in [-0.2, -0.15) is 14.0 Å². The van der Waals surface area contributed by atoms with Crippen LogP contribution < -0.4 is 5.32 Å². The molecule has 98 valence electrons. The van der Waals surface area contributed by atoms with E-state index in [-0.39, 0.29) is 11.5 Å². The van der Waals surface area contributed by atoms with Crippen molar-refractivity contribution in [2.45, 2.75) is 0 Å². The molecule has 20 heavy (non-hydrogen) atoms. The number of carbonyl (C=O) groups is 1. The maximum Gasteiger partial charge on any atom is 0.291 e. The predicted molar refractivity (Wildman–Crippen MR) is 73.8 cm³/mol. The number of amides is 1. The van der Waals surface area contributed by atoms with Gasteiger partial charge in [0.15, 0.2) is 5.76 Å². The number of nitrogens with zero attached hydrogens (tertiary/aromatic N) is 3. The zero-order valence-corrected chi connectivity index (χ0v) is 11.3. The number of hydrogen-bond donors (Lipinski definition) is 1. The first-order valence-corrected chi connectivity index (χ1v) is 6.52. The minimum absolute atomic E-state index is 0.0489. The van der Waals surface area contributed by atoms with Gasteiger partial charge in [0, 0.05) is 0 Å². The molecule has 0 aliphatic carbocycles. The fourth-order valence-electron chi connectivity index (χ4n) is 1.64. The summed E-state index contributed by atoms with van der Waals surface area (Å²) >= 11 is 6.99. The van der Waals surface area contributed by atoms with E-state index < -0.39 is 5.91 Å². The fourth-order valence-corrected chi connectivity index (χ4v) is 2.46. The van der Waals surface area contributed by atoms with Crippen LogP contribution in [0.4, 0.5) is 5.69 Å². The summed E-state index contributed by atoms with van der Waals surface area (Å²) in [5.41, 5.74) is 1.53. The lowest BCUT2D eigenvalue weighted by Crippen LogP contribution is -2.11. The molecule has 0 unspecified atom stereocenters. The second-order valence-electron chi connectivity index (χ2n) is 3.79. The normalized spacial score (nSPS) is 10.4. The van der Waals surface area contributed by atoms with Crippen LogP contribution in [0, 0.1) is 11.3 Å².